The van der Waals surface area contributed by atoms with E-state index in [0.29, 0.717) is 6.61 Å². The summed E-state index contributed by atoms with van der Waals surface area (Å²) in [4.78, 5) is 11.1. The average molecular weight is 200 g/mol. The molecule has 0 bridgehead atoms. The molecule has 0 N–H and O–H groups in total. The molecule has 0 aromatic rings. The number of hydrogen-bond acceptors (Lipinski definition) is 3. The van der Waals surface area contributed by atoms with Crippen molar-refractivity contribution in [2.24, 2.45) is 0 Å². The van der Waals surface area contributed by atoms with Crippen LogP contribution in [-0.2, 0) is 9.47 Å². The molecule has 0 aliphatic carbocycles. The average Bonchev–Trinajstić information content (AvgIpc) is 1.96. The van der Waals surface area contributed by atoms with Crippen LogP contribution in [0.1, 0.15) is 41.5 Å². The van der Waals surface area contributed by atoms with Crippen molar-refractivity contribution in [3.63, 3.8) is 0 Å². The Morgan fingerprint density at radius 3 is 2.00 bits per heavy atom. The summed E-state index contributed by atoms with van der Waals surface area (Å²) < 4.78 is 9.91. The van der Waals surface area contributed by atoms with Crippen LogP contribution >= 0.6 is 0 Å². The maximum absolute atomic E-state index is 11.1. The van der Waals surface area contributed by atoms with Gasteiger partial charge in [-0.15, -0.1) is 0 Å². The molecule has 0 rings (SSSR count). The molecular weight excluding hydrogens is 180 g/mol. The second-order valence-corrected chi connectivity index (χ2v) is 4.53. The molecule has 0 aromatic carbocycles. The van der Waals surface area contributed by atoms with Crippen LogP contribution in [0.3, 0.4) is 0 Å². The summed E-state index contributed by atoms with van der Waals surface area (Å²) in [6, 6.07) is 0. The standard InChI is InChI=1S/C11H20O3/c1-8(2)9(3)7-13-10(12)14-11(4,5)6/h7H2,1-6H3. The van der Waals surface area contributed by atoms with Crippen molar-refractivity contribution < 1.29 is 14.3 Å². The van der Waals surface area contributed by atoms with E-state index in [2.05, 4.69) is 0 Å². The number of carbonyl (C=O) groups is 1. The van der Waals surface area contributed by atoms with Gasteiger partial charge in [0, 0.05) is 0 Å². The summed E-state index contributed by atoms with van der Waals surface area (Å²) in [5, 5.41) is 0. The van der Waals surface area contributed by atoms with Gasteiger partial charge in [0.15, 0.2) is 0 Å². The molecule has 0 saturated carbocycles. The van der Waals surface area contributed by atoms with Crippen LogP contribution in [0, 0.1) is 0 Å². The zero-order valence-electron chi connectivity index (χ0n) is 9.93. The molecule has 14 heavy (non-hydrogen) atoms. The van der Waals surface area contributed by atoms with Gasteiger partial charge in [0.2, 0.25) is 0 Å². The van der Waals surface area contributed by atoms with Gasteiger partial charge in [0.1, 0.15) is 12.2 Å². The van der Waals surface area contributed by atoms with Crippen LogP contribution in [0.4, 0.5) is 4.79 Å². The summed E-state index contributed by atoms with van der Waals surface area (Å²) in [5.41, 5.74) is 1.72. The minimum atomic E-state index is -0.613. The Balaban J connectivity index is 3.94. The number of hydrogen-bond donors (Lipinski definition) is 0. The van der Waals surface area contributed by atoms with Crippen LogP contribution in [0.15, 0.2) is 11.1 Å². The Labute approximate surface area is 86.1 Å². The molecule has 0 atom stereocenters. The first-order valence-corrected chi connectivity index (χ1v) is 4.71. The quantitative estimate of drug-likeness (QED) is 0.507. The lowest BCUT2D eigenvalue weighted by Gasteiger charge is -2.18. The van der Waals surface area contributed by atoms with E-state index in [-0.39, 0.29) is 0 Å². The summed E-state index contributed by atoms with van der Waals surface area (Å²) in [6.45, 7) is 11.6. The van der Waals surface area contributed by atoms with Crippen molar-refractivity contribution in [1.82, 2.24) is 0 Å². The largest absolute Gasteiger partial charge is 0.509 e. The van der Waals surface area contributed by atoms with Gasteiger partial charge in [-0.25, -0.2) is 4.79 Å². The molecule has 0 unspecified atom stereocenters. The maximum atomic E-state index is 11.1. The van der Waals surface area contributed by atoms with Crippen LogP contribution in [0.2, 0.25) is 0 Å². The van der Waals surface area contributed by atoms with Gasteiger partial charge >= 0.3 is 6.16 Å². The van der Waals surface area contributed by atoms with E-state index in [0.717, 1.165) is 11.1 Å². The Bertz CT molecular complexity index is 229. The Kier molecular flexibility index (Phi) is 4.68. The summed E-state index contributed by atoms with van der Waals surface area (Å²) in [6.07, 6.45) is -0.613. The number of rotatable bonds is 2. The van der Waals surface area contributed by atoms with Crippen LogP contribution in [-0.4, -0.2) is 18.4 Å². The first kappa shape index (κ1) is 13.0. The lowest BCUT2D eigenvalue weighted by molar-refractivity contribution is -0.00347. The van der Waals surface area contributed by atoms with Gasteiger partial charge in [-0.2, -0.15) is 0 Å². The predicted octanol–water partition coefficient (Wildman–Crippen LogP) is 3.29. The van der Waals surface area contributed by atoms with Crippen LogP contribution in [0.5, 0.6) is 0 Å². The van der Waals surface area contributed by atoms with Crippen molar-refractivity contribution in [2.45, 2.75) is 47.1 Å². The van der Waals surface area contributed by atoms with Gasteiger partial charge in [-0.1, -0.05) is 5.57 Å². The lowest BCUT2D eigenvalue weighted by atomic mass is 10.2. The van der Waals surface area contributed by atoms with E-state index in [1.807, 2.05) is 41.5 Å². The zero-order valence-corrected chi connectivity index (χ0v) is 9.93. The fourth-order valence-corrected chi connectivity index (χ4v) is 0.591. The molecule has 0 saturated heterocycles. The van der Waals surface area contributed by atoms with E-state index in [1.165, 1.54) is 0 Å². The van der Waals surface area contributed by atoms with Gasteiger partial charge in [-0.3, -0.25) is 0 Å². The second kappa shape index (κ2) is 5.03. The molecule has 0 amide bonds. The molecule has 0 fully saturated rings. The van der Waals surface area contributed by atoms with Gasteiger partial charge in [0.25, 0.3) is 0 Å². The molecule has 0 aliphatic heterocycles. The third kappa shape index (κ3) is 6.52. The SMILES string of the molecule is CC(C)=C(C)COC(=O)OC(C)(C)C. The monoisotopic (exact) mass is 200 g/mol. The second-order valence-electron chi connectivity index (χ2n) is 4.53. The third-order valence-corrected chi connectivity index (χ3v) is 1.65. The topological polar surface area (TPSA) is 35.5 Å². The molecule has 0 heterocycles. The van der Waals surface area contributed by atoms with Gasteiger partial charge in [0.05, 0.1) is 0 Å². The molecule has 3 heteroatoms. The van der Waals surface area contributed by atoms with Gasteiger partial charge < -0.3 is 9.47 Å². The fraction of sp³-hybridized carbons (Fsp3) is 0.727. The molecule has 0 aromatic heterocycles. The normalized spacial score (nSPS) is 10.7. The van der Waals surface area contributed by atoms with E-state index in [9.17, 15) is 4.79 Å². The maximum Gasteiger partial charge on any atom is 0.509 e. The smallest absolute Gasteiger partial charge is 0.430 e. The summed E-state index contributed by atoms with van der Waals surface area (Å²) in [7, 11) is 0. The Hall–Kier alpha value is -0.990. The lowest BCUT2D eigenvalue weighted by Crippen LogP contribution is -2.24. The Morgan fingerprint density at radius 2 is 1.64 bits per heavy atom. The number of allylic oxidation sites excluding steroid dienone is 1. The van der Waals surface area contributed by atoms with Crippen LogP contribution < -0.4 is 0 Å². The van der Waals surface area contributed by atoms with E-state index in [4.69, 9.17) is 9.47 Å². The van der Waals surface area contributed by atoms with Crippen molar-refractivity contribution in [3.8, 4) is 0 Å². The predicted molar refractivity (Wildman–Crippen MR) is 56.2 cm³/mol. The van der Waals surface area contributed by atoms with E-state index in [1.54, 1.807) is 0 Å². The molecular formula is C11H20O3. The molecule has 0 spiro atoms. The van der Waals surface area contributed by atoms with Crippen molar-refractivity contribution in [3.05, 3.63) is 11.1 Å². The Morgan fingerprint density at radius 1 is 1.14 bits per heavy atom. The summed E-state index contributed by atoms with van der Waals surface area (Å²) in [5.74, 6) is 0. The fourth-order valence-electron chi connectivity index (χ4n) is 0.591. The highest BCUT2D eigenvalue weighted by Crippen LogP contribution is 2.09. The van der Waals surface area contributed by atoms with Gasteiger partial charge in [-0.05, 0) is 47.1 Å². The van der Waals surface area contributed by atoms with Crippen molar-refractivity contribution in [1.29, 1.82) is 0 Å². The zero-order chi connectivity index (χ0) is 11.4. The highest BCUT2D eigenvalue weighted by molar-refractivity contribution is 5.60. The minimum Gasteiger partial charge on any atom is -0.430 e. The van der Waals surface area contributed by atoms with Crippen molar-refractivity contribution in [2.75, 3.05) is 6.61 Å². The molecule has 0 aliphatic rings. The molecule has 3 nitrogen and oxygen atoms in total. The number of carbonyl (C=O) groups excluding carboxylic acids is 1. The third-order valence-electron chi connectivity index (χ3n) is 1.65. The first-order valence-electron chi connectivity index (χ1n) is 4.71. The highest BCUT2D eigenvalue weighted by atomic mass is 16.7. The molecule has 0 radical (unpaired) electrons. The minimum absolute atomic E-state index is 0.303. The van der Waals surface area contributed by atoms with Crippen LogP contribution in [0.25, 0.3) is 0 Å². The number of ether oxygens (including phenoxy) is 2. The van der Waals surface area contributed by atoms with Crippen molar-refractivity contribution >= 4 is 6.16 Å². The molecule has 82 valence electrons. The van der Waals surface area contributed by atoms with E-state index < -0.39 is 11.8 Å². The highest BCUT2D eigenvalue weighted by Gasteiger charge is 2.17. The van der Waals surface area contributed by atoms with E-state index >= 15 is 0 Å². The summed E-state index contributed by atoms with van der Waals surface area (Å²) >= 11 is 0. The first-order chi connectivity index (χ1) is 6.22.